The maximum Gasteiger partial charge on any atom is 0.280 e. The third kappa shape index (κ3) is 14.9. The molecule has 48 heavy (non-hydrogen) atoms. The summed E-state index contributed by atoms with van der Waals surface area (Å²) < 4.78 is 1.88. The van der Waals surface area contributed by atoms with Crippen molar-refractivity contribution in [2.45, 2.75) is 50.2 Å². The second kappa shape index (κ2) is 22.4. The van der Waals surface area contributed by atoms with Crippen molar-refractivity contribution < 1.29 is 9.59 Å². The molecule has 13 heteroatoms. The second-order valence-corrected chi connectivity index (χ2v) is 17.3. The number of ketones is 1. The van der Waals surface area contributed by atoms with Gasteiger partial charge in [0, 0.05) is 37.8 Å². The average Bonchev–Trinajstić information content (AvgIpc) is 3.72. The van der Waals surface area contributed by atoms with Crippen molar-refractivity contribution in [3.05, 3.63) is 119 Å². The van der Waals surface area contributed by atoms with E-state index in [1.807, 2.05) is 80.6 Å². The summed E-state index contributed by atoms with van der Waals surface area (Å²) in [6.07, 6.45) is 6.80. The number of nitrogens with one attached hydrogen (secondary N) is 1. The van der Waals surface area contributed by atoms with Gasteiger partial charge >= 0.3 is 0 Å². The zero-order chi connectivity index (χ0) is 35.5. The Morgan fingerprint density at radius 1 is 0.771 bits per heavy atom. The van der Waals surface area contributed by atoms with Gasteiger partial charge in [-0.3, -0.25) is 19.6 Å². The molecule has 8 nitrogen and oxygen atoms in total. The Morgan fingerprint density at radius 3 is 1.58 bits per heavy atom. The molecule has 0 spiro atoms. The van der Waals surface area contributed by atoms with Crippen molar-refractivity contribution in [3.8, 4) is 0 Å². The van der Waals surface area contributed by atoms with E-state index in [0.29, 0.717) is 10.0 Å². The molecular weight excluding hydrogens is 698 g/mol. The fraction of sp³-hybridized carbons (Fsp3) is 0.257. The summed E-state index contributed by atoms with van der Waals surface area (Å²) in [5.74, 6) is 6.78. The van der Waals surface area contributed by atoms with Gasteiger partial charge in [-0.25, -0.2) is 9.97 Å². The van der Waals surface area contributed by atoms with Crippen LogP contribution in [0.15, 0.2) is 97.6 Å². The summed E-state index contributed by atoms with van der Waals surface area (Å²) in [4.78, 5) is 39.6. The van der Waals surface area contributed by atoms with Crippen LogP contribution in [-0.4, -0.2) is 51.1 Å². The summed E-state index contributed by atoms with van der Waals surface area (Å²) in [6, 6.07) is 23.6. The number of benzene rings is 2. The molecule has 0 bridgehead atoms. The number of pyridine rings is 2. The van der Waals surface area contributed by atoms with Gasteiger partial charge in [0.15, 0.2) is 15.8 Å². The van der Waals surface area contributed by atoms with E-state index < -0.39 is 0 Å². The number of carbonyl (C=O) groups excluding carboxylic acids is 2. The Bertz CT molecular complexity index is 1740. The number of hydrogen-bond acceptors (Lipinski definition) is 9. The minimum atomic E-state index is -0.150. The SMILES string of the molecule is CC(=O)c1nc2ccncc2s1.C[C@H](N)c1ccccc1.C[C@H](NC(=O)c1nc2ccncc2s1)c1ccccc1.ClCCl.[CH3][Al]([CH3])[CH3]. The van der Waals surface area contributed by atoms with Crippen LogP contribution in [-0.2, 0) is 0 Å². The summed E-state index contributed by atoms with van der Waals surface area (Å²) in [6.45, 7) is 5.46. The van der Waals surface area contributed by atoms with Crippen LogP contribution in [0.3, 0.4) is 0 Å². The fourth-order valence-corrected chi connectivity index (χ4v) is 5.31. The highest BCUT2D eigenvalue weighted by molar-refractivity contribution is 7.20. The topological polar surface area (TPSA) is 124 Å². The Kier molecular flexibility index (Phi) is 19.1. The van der Waals surface area contributed by atoms with Crippen molar-refractivity contribution in [1.29, 1.82) is 0 Å². The van der Waals surface area contributed by atoms with E-state index in [1.165, 1.54) is 35.2 Å². The first kappa shape index (κ1) is 40.9. The third-order valence-corrected chi connectivity index (χ3v) is 7.96. The summed E-state index contributed by atoms with van der Waals surface area (Å²) in [5, 5.41) is 4.18. The van der Waals surface area contributed by atoms with Crippen molar-refractivity contribution in [2.24, 2.45) is 5.73 Å². The zero-order valence-electron chi connectivity index (χ0n) is 27.9. The molecule has 0 fully saturated rings. The number of aromatic nitrogens is 4. The van der Waals surface area contributed by atoms with Crippen LogP contribution in [0.2, 0.25) is 17.4 Å². The highest BCUT2D eigenvalue weighted by Gasteiger charge is 2.15. The minimum absolute atomic E-state index is 0.0104. The molecule has 6 rings (SSSR count). The van der Waals surface area contributed by atoms with Gasteiger partial charge in [0.2, 0.25) is 0 Å². The van der Waals surface area contributed by atoms with E-state index in [9.17, 15) is 9.59 Å². The summed E-state index contributed by atoms with van der Waals surface area (Å²) in [7, 11) is 0. The predicted octanol–water partition coefficient (Wildman–Crippen LogP) is 9.57. The Balaban J connectivity index is 0.000000243. The molecule has 1 amide bonds. The van der Waals surface area contributed by atoms with E-state index in [-0.39, 0.29) is 43.3 Å². The van der Waals surface area contributed by atoms with Crippen LogP contribution in [0, 0.1) is 0 Å². The quantitative estimate of drug-likeness (QED) is 0.103. The lowest BCUT2D eigenvalue weighted by Gasteiger charge is -2.12. The first-order valence-electron chi connectivity index (χ1n) is 15.2. The maximum atomic E-state index is 12.2. The number of fused-ring (bicyclic) bond motifs is 2. The van der Waals surface area contributed by atoms with Gasteiger partial charge < -0.3 is 11.1 Å². The maximum absolute atomic E-state index is 12.2. The number of carbonyl (C=O) groups is 2. The van der Waals surface area contributed by atoms with Crippen molar-refractivity contribution in [1.82, 2.24) is 25.3 Å². The standard InChI is InChI=1S/C15H13N3OS.C8H6N2OS.C8H11N.CH2Cl2.3CH3.Al/c1-10(11-5-3-2-4-6-11)17-14(19)15-18-12-7-8-16-9-13(12)20-15;1-5(11)8-10-6-2-3-9-4-7(6)12-8;1-7(9)8-5-3-2-4-6-8;2-1-3;;;;/h2-10H,1H3,(H,17,19);2-4H,1H3;2-7H,9H2,1H3;1H2;3*1H3;/t10-;;7-;;;;;/m0.0...../s1. The lowest BCUT2D eigenvalue weighted by Crippen LogP contribution is -2.26. The third-order valence-electron chi connectivity index (χ3n) is 5.85. The highest BCUT2D eigenvalue weighted by atomic mass is 35.5. The van der Waals surface area contributed by atoms with E-state index in [2.05, 4.69) is 42.6 Å². The molecule has 0 unspecified atom stereocenters. The zero-order valence-corrected chi connectivity index (χ0v) is 32.2. The van der Waals surface area contributed by atoms with Gasteiger partial charge in [-0.1, -0.05) is 60.7 Å². The summed E-state index contributed by atoms with van der Waals surface area (Å²) >= 11 is 12.1. The van der Waals surface area contributed by atoms with Crippen LogP contribution in [0.4, 0.5) is 0 Å². The molecule has 0 aliphatic carbocycles. The van der Waals surface area contributed by atoms with Crippen LogP contribution in [0.5, 0.6) is 0 Å². The molecule has 0 saturated carbocycles. The molecule has 2 aromatic carbocycles. The second-order valence-electron chi connectivity index (χ2n) is 10.9. The molecule has 4 heterocycles. The number of halogens is 2. The van der Waals surface area contributed by atoms with Crippen molar-refractivity contribution in [3.63, 3.8) is 0 Å². The first-order valence-corrected chi connectivity index (χ1v) is 21.3. The molecule has 2 atom stereocenters. The van der Waals surface area contributed by atoms with Gasteiger partial charge in [0.25, 0.3) is 20.1 Å². The van der Waals surface area contributed by atoms with E-state index >= 15 is 0 Å². The van der Waals surface area contributed by atoms with E-state index in [1.54, 1.807) is 30.9 Å². The lowest BCUT2D eigenvalue weighted by molar-refractivity contribution is 0.0938. The molecule has 0 aliphatic rings. The molecule has 0 aliphatic heterocycles. The van der Waals surface area contributed by atoms with Crippen molar-refractivity contribution >= 4 is 92.1 Å². The first-order chi connectivity index (χ1) is 23.0. The Morgan fingerprint density at radius 2 is 1.19 bits per heavy atom. The number of nitrogens with two attached hydrogens (primary N) is 1. The number of rotatable bonds is 5. The molecule has 0 radical (unpaired) electrons. The Labute approximate surface area is 305 Å². The van der Waals surface area contributed by atoms with Gasteiger partial charge in [0.05, 0.1) is 31.8 Å². The number of nitrogens with zero attached hydrogens (tertiary/aromatic N) is 4. The smallest absolute Gasteiger partial charge is 0.280 e. The number of Topliss-reactive ketones (excluding diaryl/α,β-unsaturated/α-hetero) is 1. The minimum Gasteiger partial charge on any atom is -0.343 e. The molecule has 6 aromatic rings. The van der Waals surface area contributed by atoms with Gasteiger partial charge in [-0.05, 0) is 37.1 Å². The Hall–Kier alpha value is -3.27. The predicted molar refractivity (Wildman–Crippen MR) is 206 cm³/mol. The molecular formula is C35H41AlCl2N6O2S2. The van der Waals surface area contributed by atoms with Crippen LogP contribution in [0.1, 0.15) is 63.6 Å². The van der Waals surface area contributed by atoms with Crippen molar-refractivity contribution in [2.75, 3.05) is 5.34 Å². The molecule has 3 N–H and O–H groups in total. The molecule has 252 valence electrons. The number of alkyl halides is 2. The summed E-state index contributed by atoms with van der Waals surface area (Å²) in [5.41, 5.74) is 9.53. The van der Waals surface area contributed by atoms with Gasteiger partial charge in [-0.15, -0.1) is 63.2 Å². The molecule has 4 aromatic heterocycles. The van der Waals surface area contributed by atoms with E-state index in [0.717, 1.165) is 26.0 Å². The van der Waals surface area contributed by atoms with Gasteiger partial charge in [0.1, 0.15) is 0 Å². The van der Waals surface area contributed by atoms with Crippen LogP contribution < -0.4 is 11.1 Å². The van der Waals surface area contributed by atoms with E-state index in [4.69, 9.17) is 28.9 Å². The lowest BCUT2D eigenvalue weighted by atomic mass is 10.1. The highest BCUT2D eigenvalue weighted by Crippen LogP contribution is 2.22. The number of hydrogen-bond donors (Lipinski definition) is 2. The largest absolute Gasteiger partial charge is 0.343 e. The van der Waals surface area contributed by atoms with Crippen LogP contribution >= 0.6 is 45.9 Å². The van der Waals surface area contributed by atoms with Gasteiger partial charge in [-0.2, -0.15) is 0 Å². The normalized spacial score (nSPS) is 11.1. The average molecular weight is 740 g/mol. The van der Waals surface area contributed by atoms with Crippen LogP contribution in [0.25, 0.3) is 20.4 Å². The number of amides is 1. The number of thiazole rings is 2. The molecule has 0 saturated heterocycles. The fourth-order valence-electron chi connectivity index (χ4n) is 3.65. The monoisotopic (exact) mass is 738 g/mol.